The third kappa shape index (κ3) is 7.20. The van der Waals surface area contributed by atoms with Crippen LogP contribution in [-0.2, 0) is 35.2 Å². The Morgan fingerprint density at radius 1 is 0.765 bits per heavy atom. The standard InChI is InChI=1S/C29H33NO4/c1-3-11-24-17-18-26(34-30-27(31)21-23-15-9-6-10-16-23)28(25(24)12-4-2)29(32)33-20-19-22-13-7-5-8-14-22/h5-10,13-18H,3-4,11-12,19-21H2,1-2H3,(H,30,31). The quantitative estimate of drug-likeness (QED) is 0.281. The Kier molecular flexibility index (Phi) is 9.71. The highest BCUT2D eigenvalue weighted by Crippen LogP contribution is 2.29. The van der Waals surface area contributed by atoms with Crippen LogP contribution in [0.4, 0.5) is 0 Å². The smallest absolute Gasteiger partial charge is 0.342 e. The predicted octanol–water partition coefficient (Wildman–Crippen LogP) is 5.64. The van der Waals surface area contributed by atoms with Gasteiger partial charge in [0.1, 0.15) is 5.56 Å². The number of nitrogens with one attached hydrogen (secondary N) is 1. The molecule has 5 heteroatoms. The molecule has 0 fully saturated rings. The average molecular weight is 460 g/mol. The highest BCUT2D eigenvalue weighted by Gasteiger charge is 2.22. The summed E-state index contributed by atoms with van der Waals surface area (Å²) in [6.07, 6.45) is 4.26. The van der Waals surface area contributed by atoms with E-state index in [0.29, 0.717) is 17.7 Å². The molecule has 0 heterocycles. The van der Waals surface area contributed by atoms with Crippen LogP contribution >= 0.6 is 0 Å². The SMILES string of the molecule is CCCc1ccc(ONC(=O)Cc2ccccc2)c(C(=O)OCCc2ccccc2)c1CCC. The van der Waals surface area contributed by atoms with Crippen molar-refractivity contribution in [3.8, 4) is 5.75 Å². The maximum Gasteiger partial charge on any atom is 0.342 e. The maximum absolute atomic E-state index is 13.2. The van der Waals surface area contributed by atoms with E-state index in [1.54, 1.807) is 6.07 Å². The summed E-state index contributed by atoms with van der Waals surface area (Å²) in [4.78, 5) is 31.3. The van der Waals surface area contributed by atoms with Crippen molar-refractivity contribution in [3.63, 3.8) is 0 Å². The molecule has 0 spiro atoms. The van der Waals surface area contributed by atoms with Gasteiger partial charge in [0.25, 0.3) is 5.91 Å². The van der Waals surface area contributed by atoms with E-state index >= 15 is 0 Å². The topological polar surface area (TPSA) is 64.6 Å². The van der Waals surface area contributed by atoms with Gasteiger partial charge in [0.15, 0.2) is 5.75 Å². The molecule has 1 N–H and O–H groups in total. The van der Waals surface area contributed by atoms with Crippen molar-refractivity contribution < 1.29 is 19.2 Å². The molecule has 0 saturated heterocycles. The lowest BCUT2D eigenvalue weighted by Gasteiger charge is -2.18. The number of rotatable bonds is 12. The second-order valence-electron chi connectivity index (χ2n) is 8.24. The number of benzene rings is 3. The third-order valence-electron chi connectivity index (χ3n) is 5.54. The Labute approximate surface area is 202 Å². The van der Waals surface area contributed by atoms with Gasteiger partial charge in [-0.1, -0.05) is 93.4 Å². The molecule has 3 aromatic rings. The van der Waals surface area contributed by atoms with Gasteiger partial charge in [-0.3, -0.25) is 4.79 Å². The molecule has 178 valence electrons. The van der Waals surface area contributed by atoms with Crippen LogP contribution in [-0.4, -0.2) is 18.5 Å². The third-order valence-corrected chi connectivity index (χ3v) is 5.54. The van der Waals surface area contributed by atoms with Crippen molar-refractivity contribution in [3.05, 3.63) is 101 Å². The molecular formula is C29H33NO4. The zero-order valence-corrected chi connectivity index (χ0v) is 20.0. The predicted molar refractivity (Wildman–Crippen MR) is 134 cm³/mol. The zero-order valence-electron chi connectivity index (χ0n) is 20.0. The Bertz CT molecular complexity index is 1060. The van der Waals surface area contributed by atoms with E-state index in [1.807, 2.05) is 66.7 Å². The molecule has 0 saturated carbocycles. The number of aryl methyl sites for hydroxylation is 1. The monoisotopic (exact) mass is 459 g/mol. The van der Waals surface area contributed by atoms with Gasteiger partial charge < -0.3 is 9.57 Å². The summed E-state index contributed by atoms with van der Waals surface area (Å²) in [6.45, 7) is 4.46. The van der Waals surface area contributed by atoms with Gasteiger partial charge in [-0.2, -0.15) is 5.48 Å². The molecular weight excluding hydrogens is 426 g/mol. The molecule has 34 heavy (non-hydrogen) atoms. The van der Waals surface area contributed by atoms with Crippen molar-refractivity contribution in [1.82, 2.24) is 5.48 Å². The lowest BCUT2D eigenvalue weighted by atomic mass is 9.93. The molecule has 0 aliphatic rings. The molecule has 1 amide bonds. The fourth-order valence-electron chi connectivity index (χ4n) is 3.93. The van der Waals surface area contributed by atoms with Crippen LogP contribution in [0.25, 0.3) is 0 Å². The number of amides is 1. The number of ether oxygens (including phenoxy) is 1. The van der Waals surface area contributed by atoms with Gasteiger partial charge >= 0.3 is 5.97 Å². The molecule has 0 bridgehead atoms. The minimum Gasteiger partial charge on any atom is -0.462 e. The first-order chi connectivity index (χ1) is 16.6. The van der Waals surface area contributed by atoms with Gasteiger partial charge in [0.05, 0.1) is 13.0 Å². The van der Waals surface area contributed by atoms with E-state index in [1.165, 1.54) is 0 Å². The van der Waals surface area contributed by atoms with Crippen LogP contribution in [0.1, 0.15) is 59.3 Å². The number of hydrogen-bond donors (Lipinski definition) is 1. The highest BCUT2D eigenvalue weighted by molar-refractivity contribution is 5.95. The van der Waals surface area contributed by atoms with Gasteiger partial charge in [-0.25, -0.2) is 4.79 Å². The van der Waals surface area contributed by atoms with E-state index in [-0.39, 0.29) is 18.9 Å². The van der Waals surface area contributed by atoms with Crippen molar-refractivity contribution >= 4 is 11.9 Å². The van der Waals surface area contributed by atoms with Crippen LogP contribution in [0.5, 0.6) is 5.75 Å². The summed E-state index contributed by atoms with van der Waals surface area (Å²) in [5.74, 6) is -0.400. The molecule has 5 nitrogen and oxygen atoms in total. The minimum atomic E-state index is -0.426. The first-order valence-corrected chi connectivity index (χ1v) is 12.0. The Balaban J connectivity index is 1.77. The van der Waals surface area contributed by atoms with Gasteiger partial charge in [-0.15, -0.1) is 0 Å². The van der Waals surface area contributed by atoms with E-state index in [9.17, 15) is 9.59 Å². The van der Waals surface area contributed by atoms with Crippen LogP contribution in [0, 0.1) is 0 Å². The van der Waals surface area contributed by atoms with E-state index < -0.39 is 5.97 Å². The number of hydrogen-bond acceptors (Lipinski definition) is 4. The number of hydroxylamine groups is 1. The van der Waals surface area contributed by atoms with Crippen LogP contribution in [0.15, 0.2) is 72.8 Å². The Hall–Kier alpha value is -3.60. The van der Waals surface area contributed by atoms with Crippen molar-refractivity contribution in [1.29, 1.82) is 0 Å². The van der Waals surface area contributed by atoms with Gasteiger partial charge in [-0.05, 0) is 41.2 Å². The van der Waals surface area contributed by atoms with Crippen molar-refractivity contribution in [2.45, 2.75) is 52.4 Å². The molecule has 0 aliphatic carbocycles. The van der Waals surface area contributed by atoms with Crippen LogP contribution < -0.4 is 10.3 Å². The Morgan fingerprint density at radius 2 is 1.41 bits per heavy atom. The lowest BCUT2D eigenvalue weighted by Crippen LogP contribution is -2.29. The van der Waals surface area contributed by atoms with Gasteiger partial charge in [0, 0.05) is 6.42 Å². The first kappa shape index (κ1) is 25.0. The minimum absolute atomic E-state index is 0.188. The summed E-state index contributed by atoms with van der Waals surface area (Å²) < 4.78 is 5.66. The zero-order chi connectivity index (χ0) is 24.2. The fourth-order valence-corrected chi connectivity index (χ4v) is 3.93. The maximum atomic E-state index is 13.2. The average Bonchev–Trinajstić information content (AvgIpc) is 2.85. The summed E-state index contributed by atoms with van der Waals surface area (Å²) >= 11 is 0. The Morgan fingerprint density at radius 3 is 2.06 bits per heavy atom. The highest BCUT2D eigenvalue weighted by atomic mass is 16.7. The fraction of sp³-hybridized carbons (Fsp3) is 0.310. The number of carbonyl (C=O) groups excluding carboxylic acids is 2. The summed E-state index contributed by atoms with van der Waals surface area (Å²) in [5.41, 5.74) is 6.94. The molecule has 3 aromatic carbocycles. The van der Waals surface area contributed by atoms with Crippen LogP contribution in [0.3, 0.4) is 0 Å². The van der Waals surface area contributed by atoms with Crippen molar-refractivity contribution in [2.75, 3.05) is 6.61 Å². The van der Waals surface area contributed by atoms with E-state index in [2.05, 4.69) is 19.3 Å². The molecule has 0 radical (unpaired) electrons. The van der Waals surface area contributed by atoms with Crippen LogP contribution in [0.2, 0.25) is 0 Å². The van der Waals surface area contributed by atoms with E-state index in [4.69, 9.17) is 9.57 Å². The molecule has 0 aromatic heterocycles. The molecule has 0 unspecified atom stereocenters. The molecule has 0 aliphatic heterocycles. The number of carbonyl (C=O) groups is 2. The molecule has 0 atom stereocenters. The van der Waals surface area contributed by atoms with Gasteiger partial charge in [0.2, 0.25) is 0 Å². The van der Waals surface area contributed by atoms with E-state index in [0.717, 1.165) is 47.9 Å². The van der Waals surface area contributed by atoms with Crippen molar-refractivity contribution in [2.24, 2.45) is 0 Å². The summed E-state index contributed by atoms with van der Waals surface area (Å²) in [6, 6.07) is 23.1. The lowest BCUT2D eigenvalue weighted by molar-refractivity contribution is -0.127. The first-order valence-electron chi connectivity index (χ1n) is 12.0. The second kappa shape index (κ2) is 13.2. The second-order valence-corrected chi connectivity index (χ2v) is 8.24. The largest absolute Gasteiger partial charge is 0.462 e. The number of esters is 1. The normalized spacial score (nSPS) is 10.5. The molecule has 3 rings (SSSR count). The summed E-state index contributed by atoms with van der Waals surface area (Å²) in [5, 5.41) is 0. The summed E-state index contributed by atoms with van der Waals surface area (Å²) in [7, 11) is 0.